The summed E-state index contributed by atoms with van der Waals surface area (Å²) in [4.78, 5) is 2.52. The Kier molecular flexibility index (Phi) is 5.79. The van der Waals surface area contributed by atoms with E-state index in [1.165, 1.54) is 13.0 Å². The second kappa shape index (κ2) is 6.61. The number of nitrogens with one attached hydrogen (secondary N) is 1. The van der Waals surface area contributed by atoms with Gasteiger partial charge in [0.1, 0.15) is 0 Å². The van der Waals surface area contributed by atoms with Gasteiger partial charge in [-0.05, 0) is 33.2 Å². The third kappa shape index (κ3) is 5.09. The van der Waals surface area contributed by atoms with E-state index in [4.69, 9.17) is 0 Å². The summed E-state index contributed by atoms with van der Waals surface area (Å²) in [7, 11) is -0.644. The summed E-state index contributed by atoms with van der Waals surface area (Å²) < 4.78 is 11.0. The van der Waals surface area contributed by atoms with Gasteiger partial charge in [0.25, 0.3) is 0 Å². The first kappa shape index (κ1) is 13.1. The molecule has 0 amide bonds. The van der Waals surface area contributed by atoms with Crippen LogP contribution in [0, 0.1) is 0 Å². The summed E-state index contributed by atoms with van der Waals surface area (Å²) in [5.41, 5.74) is 0. The van der Waals surface area contributed by atoms with Gasteiger partial charge in [0.05, 0.1) is 0 Å². The Labute approximate surface area is 96.1 Å². The second-order valence-corrected chi connectivity index (χ2v) is 6.15. The molecule has 1 fully saturated rings. The fraction of sp³-hybridized carbons (Fsp3) is 1.00. The summed E-state index contributed by atoms with van der Waals surface area (Å²) in [6, 6.07) is 1.21. The lowest BCUT2D eigenvalue weighted by molar-refractivity contribution is 0.217. The molecule has 1 N–H and O–H groups in total. The summed E-state index contributed by atoms with van der Waals surface area (Å²) in [6.45, 7) is 7.88. The lowest BCUT2D eigenvalue weighted by Gasteiger charge is -2.27. The van der Waals surface area contributed by atoms with Crippen LogP contribution < -0.4 is 5.32 Å². The number of nitrogens with zero attached hydrogens (tertiary/aromatic N) is 1. The highest BCUT2D eigenvalue weighted by atomic mass is 32.2. The first-order chi connectivity index (χ1) is 7.09. The van der Waals surface area contributed by atoms with Gasteiger partial charge in [-0.15, -0.1) is 0 Å². The van der Waals surface area contributed by atoms with E-state index in [0.29, 0.717) is 12.1 Å². The molecule has 1 heterocycles. The van der Waals surface area contributed by atoms with Crippen molar-refractivity contribution >= 4 is 10.8 Å². The fourth-order valence-electron chi connectivity index (χ4n) is 1.99. The molecule has 1 aliphatic heterocycles. The normalized spacial score (nSPS) is 28.3. The third-order valence-electron chi connectivity index (χ3n) is 3.19. The van der Waals surface area contributed by atoms with Crippen LogP contribution in [0.5, 0.6) is 0 Å². The highest BCUT2D eigenvalue weighted by Crippen LogP contribution is 2.08. The van der Waals surface area contributed by atoms with E-state index in [-0.39, 0.29) is 0 Å². The predicted molar refractivity (Wildman–Crippen MR) is 66.7 cm³/mol. The lowest BCUT2D eigenvalue weighted by Crippen LogP contribution is -2.36. The Bertz CT molecular complexity index is 211. The standard InChI is InChI=1S/C11H24N2OS/c1-10-4-7-13(8-6-12-10)11(2)5-9-15(3)14/h10-12H,4-9H2,1-3H3. The molecule has 4 heteroatoms. The van der Waals surface area contributed by atoms with Crippen LogP contribution in [0.2, 0.25) is 0 Å². The molecule has 0 spiro atoms. The zero-order valence-electron chi connectivity index (χ0n) is 10.2. The molecular weight excluding hydrogens is 208 g/mol. The Hall–Kier alpha value is 0.0700. The van der Waals surface area contributed by atoms with Gasteiger partial charge in [0.2, 0.25) is 0 Å². The maximum Gasteiger partial charge on any atom is 0.0246 e. The molecular formula is C11H24N2OS. The monoisotopic (exact) mass is 232 g/mol. The first-order valence-electron chi connectivity index (χ1n) is 5.87. The molecule has 0 radical (unpaired) electrons. The van der Waals surface area contributed by atoms with Gasteiger partial charge in [-0.1, -0.05) is 0 Å². The Morgan fingerprint density at radius 2 is 2.27 bits per heavy atom. The van der Waals surface area contributed by atoms with Crippen molar-refractivity contribution in [1.29, 1.82) is 0 Å². The van der Waals surface area contributed by atoms with E-state index in [2.05, 4.69) is 24.1 Å². The summed E-state index contributed by atoms with van der Waals surface area (Å²) in [6.07, 6.45) is 4.07. The smallest absolute Gasteiger partial charge is 0.0246 e. The Morgan fingerprint density at radius 1 is 1.53 bits per heavy atom. The van der Waals surface area contributed by atoms with Gasteiger partial charge in [-0.2, -0.15) is 0 Å². The van der Waals surface area contributed by atoms with Crippen LogP contribution in [0.1, 0.15) is 26.7 Å². The number of hydrogen-bond donors (Lipinski definition) is 1. The van der Waals surface area contributed by atoms with Gasteiger partial charge in [-0.3, -0.25) is 9.11 Å². The van der Waals surface area contributed by atoms with E-state index < -0.39 is 10.8 Å². The molecule has 1 saturated heterocycles. The van der Waals surface area contributed by atoms with Crippen LogP contribution in [0.25, 0.3) is 0 Å². The summed E-state index contributed by atoms with van der Waals surface area (Å²) in [5.74, 6) is 0.834. The molecule has 0 aromatic heterocycles. The second-order valence-electron chi connectivity index (χ2n) is 4.59. The quantitative estimate of drug-likeness (QED) is 0.779. The number of rotatable bonds is 4. The van der Waals surface area contributed by atoms with Crippen LogP contribution in [0.15, 0.2) is 0 Å². The zero-order valence-corrected chi connectivity index (χ0v) is 11.0. The highest BCUT2D eigenvalue weighted by molar-refractivity contribution is 7.84. The van der Waals surface area contributed by atoms with Crippen molar-refractivity contribution < 1.29 is 4.21 Å². The van der Waals surface area contributed by atoms with Gasteiger partial charge in [0.15, 0.2) is 0 Å². The van der Waals surface area contributed by atoms with Crippen LogP contribution >= 0.6 is 0 Å². The molecule has 0 aromatic carbocycles. The van der Waals surface area contributed by atoms with Crippen molar-refractivity contribution in [2.45, 2.75) is 38.8 Å². The van der Waals surface area contributed by atoms with E-state index >= 15 is 0 Å². The molecule has 3 nitrogen and oxygen atoms in total. The Morgan fingerprint density at radius 3 is 2.93 bits per heavy atom. The van der Waals surface area contributed by atoms with Crippen LogP contribution in [0.3, 0.4) is 0 Å². The highest BCUT2D eigenvalue weighted by Gasteiger charge is 2.17. The van der Waals surface area contributed by atoms with Gasteiger partial charge < -0.3 is 5.32 Å². The maximum absolute atomic E-state index is 11.0. The van der Waals surface area contributed by atoms with E-state index in [9.17, 15) is 4.21 Å². The Balaban J connectivity index is 2.31. The average molecular weight is 232 g/mol. The van der Waals surface area contributed by atoms with Crippen LogP contribution in [-0.2, 0) is 10.8 Å². The summed E-state index contributed by atoms with van der Waals surface area (Å²) >= 11 is 0. The topological polar surface area (TPSA) is 32.3 Å². The van der Waals surface area contributed by atoms with Gasteiger partial charge in [0, 0.05) is 48.0 Å². The van der Waals surface area contributed by atoms with E-state index in [1.54, 1.807) is 6.26 Å². The molecule has 0 bridgehead atoms. The van der Waals surface area contributed by atoms with E-state index in [1.807, 2.05) is 0 Å². The average Bonchev–Trinajstić information content (AvgIpc) is 2.39. The van der Waals surface area contributed by atoms with Crippen molar-refractivity contribution in [3.05, 3.63) is 0 Å². The van der Waals surface area contributed by atoms with Crippen LogP contribution in [-0.4, -0.2) is 52.8 Å². The molecule has 15 heavy (non-hydrogen) atoms. The minimum atomic E-state index is -0.644. The van der Waals surface area contributed by atoms with Gasteiger partial charge in [-0.25, -0.2) is 0 Å². The van der Waals surface area contributed by atoms with Crippen molar-refractivity contribution in [1.82, 2.24) is 10.2 Å². The predicted octanol–water partition coefficient (Wildman–Crippen LogP) is 0.827. The molecule has 1 rings (SSSR count). The zero-order chi connectivity index (χ0) is 11.3. The largest absolute Gasteiger partial charge is 0.313 e. The minimum Gasteiger partial charge on any atom is -0.313 e. The molecule has 3 unspecified atom stereocenters. The molecule has 0 aromatic rings. The molecule has 1 aliphatic rings. The van der Waals surface area contributed by atoms with Crippen molar-refractivity contribution in [3.63, 3.8) is 0 Å². The van der Waals surface area contributed by atoms with Crippen molar-refractivity contribution in [2.24, 2.45) is 0 Å². The third-order valence-corrected chi connectivity index (χ3v) is 4.00. The molecule has 3 atom stereocenters. The summed E-state index contributed by atoms with van der Waals surface area (Å²) in [5, 5.41) is 3.49. The minimum absolute atomic E-state index is 0.570. The van der Waals surface area contributed by atoms with Crippen LogP contribution in [0.4, 0.5) is 0 Å². The molecule has 0 aliphatic carbocycles. The van der Waals surface area contributed by atoms with E-state index in [0.717, 1.165) is 25.3 Å². The van der Waals surface area contributed by atoms with Crippen molar-refractivity contribution in [3.8, 4) is 0 Å². The first-order valence-corrected chi connectivity index (χ1v) is 7.59. The van der Waals surface area contributed by atoms with Crippen molar-refractivity contribution in [2.75, 3.05) is 31.6 Å². The molecule has 90 valence electrons. The molecule has 0 saturated carbocycles. The fourth-order valence-corrected chi connectivity index (χ4v) is 2.66. The lowest BCUT2D eigenvalue weighted by atomic mass is 10.2. The SMILES string of the molecule is CC1CCN(C(C)CCS(C)=O)CCN1. The van der Waals surface area contributed by atoms with Gasteiger partial charge >= 0.3 is 0 Å². The number of hydrogen-bond acceptors (Lipinski definition) is 3. The maximum atomic E-state index is 11.0.